The molecule has 0 bridgehead atoms. The molecule has 1 aliphatic rings. The SMILES string of the molecule is C[C@@H](OC(=O)Cc1ccc2ccccc2c1)C(=O)Nc1ccc2c(c1)OCO2. The summed E-state index contributed by atoms with van der Waals surface area (Å²) in [6, 6.07) is 18.8. The Hall–Kier alpha value is -3.54. The van der Waals surface area contributed by atoms with Crippen molar-refractivity contribution in [3.63, 3.8) is 0 Å². The zero-order chi connectivity index (χ0) is 19.5. The van der Waals surface area contributed by atoms with Crippen LogP contribution in [0, 0.1) is 0 Å². The minimum absolute atomic E-state index is 0.104. The number of benzene rings is 3. The molecule has 0 aromatic heterocycles. The fourth-order valence-corrected chi connectivity index (χ4v) is 3.03. The molecule has 142 valence electrons. The van der Waals surface area contributed by atoms with Crippen molar-refractivity contribution < 1.29 is 23.8 Å². The van der Waals surface area contributed by atoms with Crippen LogP contribution in [0.2, 0.25) is 0 Å². The average Bonchev–Trinajstić information content (AvgIpc) is 3.15. The van der Waals surface area contributed by atoms with Crippen LogP contribution in [0.25, 0.3) is 10.8 Å². The number of ether oxygens (including phenoxy) is 3. The summed E-state index contributed by atoms with van der Waals surface area (Å²) in [7, 11) is 0. The molecule has 1 N–H and O–H groups in total. The van der Waals surface area contributed by atoms with Crippen molar-refractivity contribution in [2.45, 2.75) is 19.4 Å². The molecule has 1 aliphatic heterocycles. The minimum atomic E-state index is -0.918. The number of hydrogen-bond acceptors (Lipinski definition) is 5. The molecule has 1 atom stereocenters. The van der Waals surface area contributed by atoms with Crippen molar-refractivity contribution in [1.29, 1.82) is 0 Å². The number of amides is 1. The molecule has 0 saturated carbocycles. The minimum Gasteiger partial charge on any atom is -0.454 e. The molecule has 3 aromatic rings. The Morgan fingerprint density at radius 2 is 1.79 bits per heavy atom. The fraction of sp³-hybridized carbons (Fsp3) is 0.182. The summed E-state index contributed by atoms with van der Waals surface area (Å²) in [5.74, 6) is 0.334. The van der Waals surface area contributed by atoms with Gasteiger partial charge in [0.25, 0.3) is 5.91 Å². The quantitative estimate of drug-likeness (QED) is 0.687. The molecule has 1 heterocycles. The van der Waals surface area contributed by atoms with Gasteiger partial charge in [0.1, 0.15) is 0 Å². The van der Waals surface area contributed by atoms with Crippen molar-refractivity contribution in [2.24, 2.45) is 0 Å². The number of carbonyl (C=O) groups excluding carboxylic acids is 2. The van der Waals surface area contributed by atoms with E-state index < -0.39 is 18.0 Å². The van der Waals surface area contributed by atoms with E-state index in [1.54, 1.807) is 25.1 Å². The van der Waals surface area contributed by atoms with E-state index in [1.165, 1.54) is 0 Å². The standard InChI is InChI=1S/C22H19NO5/c1-14(22(25)23-18-8-9-19-20(12-18)27-13-26-19)28-21(24)11-15-6-7-16-4-2-3-5-17(16)10-15/h2-10,12,14H,11,13H2,1H3,(H,23,25)/t14-/m1/s1. The lowest BCUT2D eigenvalue weighted by molar-refractivity contribution is -0.152. The fourth-order valence-electron chi connectivity index (χ4n) is 3.03. The summed E-state index contributed by atoms with van der Waals surface area (Å²) in [5.41, 5.74) is 1.39. The third-order valence-electron chi connectivity index (χ3n) is 4.48. The maximum atomic E-state index is 12.3. The Morgan fingerprint density at radius 3 is 2.64 bits per heavy atom. The topological polar surface area (TPSA) is 73.9 Å². The van der Waals surface area contributed by atoms with Gasteiger partial charge in [-0.1, -0.05) is 42.5 Å². The molecular weight excluding hydrogens is 358 g/mol. The summed E-state index contributed by atoms with van der Waals surface area (Å²) in [5, 5.41) is 4.88. The van der Waals surface area contributed by atoms with Crippen LogP contribution in [0.15, 0.2) is 60.7 Å². The number of rotatable bonds is 5. The van der Waals surface area contributed by atoms with Crippen molar-refractivity contribution in [3.8, 4) is 11.5 Å². The lowest BCUT2D eigenvalue weighted by Crippen LogP contribution is -2.30. The Labute approximate surface area is 162 Å². The highest BCUT2D eigenvalue weighted by Gasteiger charge is 2.20. The Bertz CT molecular complexity index is 1050. The number of fused-ring (bicyclic) bond motifs is 2. The first-order chi connectivity index (χ1) is 13.6. The first kappa shape index (κ1) is 17.9. The molecule has 6 nitrogen and oxygen atoms in total. The smallest absolute Gasteiger partial charge is 0.311 e. The van der Waals surface area contributed by atoms with Gasteiger partial charge in [0.2, 0.25) is 6.79 Å². The number of anilines is 1. The van der Waals surface area contributed by atoms with Crippen LogP contribution < -0.4 is 14.8 Å². The lowest BCUT2D eigenvalue weighted by Gasteiger charge is -2.14. The predicted molar refractivity (Wildman–Crippen MR) is 104 cm³/mol. The highest BCUT2D eigenvalue weighted by atomic mass is 16.7. The van der Waals surface area contributed by atoms with Crippen molar-refractivity contribution >= 4 is 28.3 Å². The number of esters is 1. The van der Waals surface area contributed by atoms with Gasteiger partial charge >= 0.3 is 5.97 Å². The molecule has 6 heteroatoms. The van der Waals surface area contributed by atoms with Crippen LogP contribution in [-0.4, -0.2) is 24.8 Å². The van der Waals surface area contributed by atoms with Gasteiger partial charge in [-0.25, -0.2) is 0 Å². The molecule has 4 rings (SSSR count). The van der Waals surface area contributed by atoms with Crippen LogP contribution in [0.3, 0.4) is 0 Å². The van der Waals surface area contributed by atoms with Crippen LogP contribution in [0.1, 0.15) is 12.5 Å². The van der Waals surface area contributed by atoms with Gasteiger partial charge in [-0.15, -0.1) is 0 Å². The molecule has 0 saturated heterocycles. The highest BCUT2D eigenvalue weighted by Crippen LogP contribution is 2.34. The van der Waals surface area contributed by atoms with Gasteiger partial charge in [-0.3, -0.25) is 9.59 Å². The molecule has 0 fully saturated rings. The van der Waals surface area contributed by atoms with Crippen molar-refractivity contribution in [1.82, 2.24) is 0 Å². The van der Waals surface area contributed by atoms with E-state index >= 15 is 0 Å². The molecule has 0 aliphatic carbocycles. The number of carbonyl (C=O) groups is 2. The Morgan fingerprint density at radius 1 is 1.00 bits per heavy atom. The molecule has 0 spiro atoms. The average molecular weight is 377 g/mol. The molecule has 28 heavy (non-hydrogen) atoms. The largest absolute Gasteiger partial charge is 0.454 e. The van der Waals surface area contributed by atoms with Gasteiger partial charge in [-0.2, -0.15) is 0 Å². The molecular formula is C22H19NO5. The van der Waals surface area contributed by atoms with Crippen molar-refractivity contribution in [3.05, 3.63) is 66.2 Å². The zero-order valence-electron chi connectivity index (χ0n) is 15.3. The first-order valence-corrected chi connectivity index (χ1v) is 8.96. The maximum absolute atomic E-state index is 12.3. The van der Waals surface area contributed by atoms with E-state index in [-0.39, 0.29) is 13.2 Å². The third kappa shape index (κ3) is 3.91. The first-order valence-electron chi connectivity index (χ1n) is 8.96. The number of hydrogen-bond donors (Lipinski definition) is 1. The third-order valence-corrected chi connectivity index (χ3v) is 4.48. The maximum Gasteiger partial charge on any atom is 0.311 e. The van der Waals surface area contributed by atoms with Crippen LogP contribution in [0.4, 0.5) is 5.69 Å². The second kappa shape index (κ2) is 7.60. The van der Waals surface area contributed by atoms with Crippen LogP contribution in [-0.2, 0) is 20.7 Å². The lowest BCUT2D eigenvalue weighted by atomic mass is 10.1. The summed E-state index contributed by atoms with van der Waals surface area (Å²) >= 11 is 0. The highest BCUT2D eigenvalue weighted by molar-refractivity contribution is 5.95. The second-order valence-corrected chi connectivity index (χ2v) is 6.55. The summed E-state index contributed by atoms with van der Waals surface area (Å²) in [6.07, 6.45) is -0.815. The normalized spacial score (nSPS) is 13.2. The summed E-state index contributed by atoms with van der Waals surface area (Å²) < 4.78 is 15.8. The summed E-state index contributed by atoms with van der Waals surface area (Å²) in [4.78, 5) is 24.5. The van der Waals surface area contributed by atoms with Crippen molar-refractivity contribution in [2.75, 3.05) is 12.1 Å². The van der Waals surface area contributed by atoms with E-state index in [1.807, 2.05) is 42.5 Å². The van der Waals surface area contributed by atoms with E-state index in [4.69, 9.17) is 14.2 Å². The zero-order valence-corrected chi connectivity index (χ0v) is 15.3. The predicted octanol–water partition coefficient (Wildman–Crippen LogP) is 3.68. The monoisotopic (exact) mass is 377 g/mol. The molecule has 1 amide bonds. The Kier molecular flexibility index (Phi) is 4.85. The van der Waals surface area contributed by atoms with Gasteiger partial charge in [0.05, 0.1) is 6.42 Å². The second-order valence-electron chi connectivity index (χ2n) is 6.55. The van der Waals surface area contributed by atoms with E-state index in [0.29, 0.717) is 17.2 Å². The van der Waals surface area contributed by atoms with Crippen LogP contribution >= 0.6 is 0 Å². The Balaban J connectivity index is 1.34. The summed E-state index contributed by atoms with van der Waals surface area (Å²) in [6.45, 7) is 1.70. The molecule has 0 radical (unpaired) electrons. The molecule has 0 unspecified atom stereocenters. The van der Waals surface area contributed by atoms with E-state index in [0.717, 1.165) is 16.3 Å². The van der Waals surface area contributed by atoms with Gasteiger partial charge in [0, 0.05) is 11.8 Å². The van der Waals surface area contributed by atoms with E-state index in [9.17, 15) is 9.59 Å². The number of nitrogens with one attached hydrogen (secondary N) is 1. The van der Waals surface area contributed by atoms with Gasteiger partial charge in [0.15, 0.2) is 17.6 Å². The van der Waals surface area contributed by atoms with Gasteiger partial charge in [-0.05, 0) is 35.4 Å². The van der Waals surface area contributed by atoms with E-state index in [2.05, 4.69) is 5.32 Å². The molecule has 3 aromatic carbocycles. The van der Waals surface area contributed by atoms with Gasteiger partial charge < -0.3 is 19.5 Å². The van der Waals surface area contributed by atoms with Crippen LogP contribution in [0.5, 0.6) is 11.5 Å².